The number of hydrogen-bond acceptors (Lipinski definition) is 4. The van der Waals surface area contributed by atoms with Crippen LogP contribution in [0.15, 0.2) is 84.9 Å². The fourth-order valence-corrected chi connectivity index (χ4v) is 4.31. The summed E-state index contributed by atoms with van der Waals surface area (Å²) in [5.41, 5.74) is 2.95. The molecule has 1 N–H and O–H groups in total. The molecule has 0 saturated carbocycles. The molecule has 2 amide bonds. The predicted molar refractivity (Wildman–Crippen MR) is 126 cm³/mol. The third-order valence-corrected chi connectivity index (χ3v) is 6.05. The van der Waals surface area contributed by atoms with Gasteiger partial charge in [0.2, 0.25) is 11.8 Å². The van der Waals surface area contributed by atoms with Crippen molar-refractivity contribution in [1.29, 1.82) is 0 Å². The minimum Gasteiger partial charge on any atom is -0.497 e. The molecule has 0 spiro atoms. The molecule has 0 unspecified atom stereocenters. The van der Waals surface area contributed by atoms with Gasteiger partial charge in [-0.25, -0.2) is 0 Å². The van der Waals surface area contributed by atoms with Crippen molar-refractivity contribution in [2.45, 2.75) is 5.25 Å². The van der Waals surface area contributed by atoms with Gasteiger partial charge >= 0.3 is 0 Å². The Morgan fingerprint density at radius 1 is 0.903 bits per heavy atom. The van der Waals surface area contributed by atoms with Crippen LogP contribution >= 0.6 is 11.8 Å². The van der Waals surface area contributed by atoms with E-state index in [9.17, 15) is 9.59 Å². The summed E-state index contributed by atoms with van der Waals surface area (Å²) in [5.74, 6) is 0.662. The highest BCUT2D eigenvalue weighted by atomic mass is 32.2. The lowest BCUT2D eigenvalue weighted by atomic mass is 10.0. The smallest absolute Gasteiger partial charge is 0.243 e. The Labute approximate surface area is 187 Å². The molecule has 160 valence electrons. The molecule has 0 atom stereocenters. The molecule has 0 aliphatic carbocycles. The standard InChI is InChI=1S/C25H26N2O3S/c1-27(17-23(28)26-21-13-15-22(30-2)16-14-21)24(29)18-31-25(19-9-5-3-6-10-19)20-11-7-4-8-12-20/h3-16,25H,17-18H2,1-2H3,(H,26,28). The molecule has 0 saturated heterocycles. The molecule has 0 aromatic heterocycles. The number of rotatable bonds is 9. The molecular formula is C25H26N2O3S. The lowest BCUT2D eigenvalue weighted by Crippen LogP contribution is -2.36. The quantitative estimate of drug-likeness (QED) is 0.534. The summed E-state index contributed by atoms with van der Waals surface area (Å²) in [5, 5.41) is 2.85. The second-order valence-corrected chi connectivity index (χ2v) is 8.13. The van der Waals surface area contributed by atoms with Gasteiger partial charge in [0.05, 0.1) is 24.7 Å². The number of carbonyl (C=O) groups is 2. The van der Waals surface area contributed by atoms with Crippen molar-refractivity contribution in [1.82, 2.24) is 4.90 Å². The fourth-order valence-electron chi connectivity index (χ4n) is 3.08. The Balaban J connectivity index is 1.56. The first-order chi connectivity index (χ1) is 15.1. The zero-order valence-electron chi connectivity index (χ0n) is 17.7. The number of carbonyl (C=O) groups excluding carboxylic acids is 2. The van der Waals surface area contributed by atoms with Crippen molar-refractivity contribution in [3.63, 3.8) is 0 Å². The molecule has 0 radical (unpaired) electrons. The zero-order chi connectivity index (χ0) is 22.1. The van der Waals surface area contributed by atoms with Crippen molar-refractivity contribution in [3.05, 3.63) is 96.1 Å². The van der Waals surface area contributed by atoms with Crippen LogP contribution in [-0.2, 0) is 9.59 Å². The molecule has 0 heterocycles. The van der Waals surface area contributed by atoms with Gasteiger partial charge in [-0.1, -0.05) is 60.7 Å². The van der Waals surface area contributed by atoms with E-state index in [0.717, 1.165) is 11.1 Å². The van der Waals surface area contributed by atoms with Gasteiger partial charge in [-0.05, 0) is 35.4 Å². The molecule has 5 nitrogen and oxygen atoms in total. The molecule has 0 aliphatic heterocycles. The maximum absolute atomic E-state index is 12.7. The van der Waals surface area contributed by atoms with Gasteiger partial charge < -0.3 is 15.0 Å². The number of likely N-dealkylation sites (N-methyl/N-ethyl adjacent to an activating group) is 1. The van der Waals surface area contributed by atoms with Gasteiger partial charge in [-0.3, -0.25) is 9.59 Å². The van der Waals surface area contributed by atoms with Gasteiger partial charge in [0.1, 0.15) is 5.75 Å². The fraction of sp³-hybridized carbons (Fsp3) is 0.200. The van der Waals surface area contributed by atoms with Gasteiger partial charge in [0, 0.05) is 12.7 Å². The normalized spacial score (nSPS) is 10.5. The highest BCUT2D eigenvalue weighted by Crippen LogP contribution is 2.35. The number of amides is 2. The SMILES string of the molecule is COc1ccc(NC(=O)CN(C)C(=O)CSC(c2ccccc2)c2ccccc2)cc1. The van der Waals surface area contributed by atoms with Crippen LogP contribution in [0.4, 0.5) is 5.69 Å². The van der Waals surface area contributed by atoms with Crippen LogP contribution in [0.2, 0.25) is 0 Å². The van der Waals surface area contributed by atoms with Crippen molar-refractivity contribution in [2.24, 2.45) is 0 Å². The van der Waals surface area contributed by atoms with E-state index in [1.165, 1.54) is 4.90 Å². The van der Waals surface area contributed by atoms with Gasteiger partial charge in [-0.15, -0.1) is 11.8 Å². The Bertz CT molecular complexity index is 939. The number of hydrogen-bond donors (Lipinski definition) is 1. The molecule has 0 bridgehead atoms. The van der Waals surface area contributed by atoms with Crippen molar-refractivity contribution >= 4 is 29.3 Å². The minimum atomic E-state index is -0.242. The second-order valence-electron chi connectivity index (χ2n) is 7.04. The maximum Gasteiger partial charge on any atom is 0.243 e. The Morgan fingerprint density at radius 2 is 1.45 bits per heavy atom. The highest BCUT2D eigenvalue weighted by molar-refractivity contribution is 8.00. The summed E-state index contributed by atoms with van der Waals surface area (Å²) in [6, 6.07) is 27.3. The number of benzene rings is 3. The molecule has 0 aliphatic rings. The molecular weight excluding hydrogens is 408 g/mol. The number of ether oxygens (including phenoxy) is 1. The molecule has 3 aromatic carbocycles. The van der Waals surface area contributed by atoms with E-state index in [4.69, 9.17) is 4.74 Å². The highest BCUT2D eigenvalue weighted by Gasteiger charge is 2.19. The monoisotopic (exact) mass is 434 g/mol. The summed E-state index contributed by atoms with van der Waals surface area (Å²) < 4.78 is 5.11. The van der Waals surface area contributed by atoms with E-state index in [0.29, 0.717) is 11.4 Å². The van der Waals surface area contributed by atoms with E-state index >= 15 is 0 Å². The van der Waals surface area contributed by atoms with Crippen LogP contribution in [0.1, 0.15) is 16.4 Å². The number of nitrogens with one attached hydrogen (secondary N) is 1. The van der Waals surface area contributed by atoms with Crippen molar-refractivity contribution < 1.29 is 14.3 Å². The third kappa shape index (κ3) is 6.62. The number of thioether (sulfide) groups is 1. The summed E-state index contributed by atoms with van der Waals surface area (Å²) in [6.45, 7) is -0.00718. The van der Waals surface area contributed by atoms with Crippen LogP contribution in [0.25, 0.3) is 0 Å². The van der Waals surface area contributed by atoms with Crippen LogP contribution in [0, 0.1) is 0 Å². The summed E-state index contributed by atoms with van der Waals surface area (Å²) in [6.07, 6.45) is 0. The Hall–Kier alpha value is -3.25. The Morgan fingerprint density at radius 3 is 1.97 bits per heavy atom. The van der Waals surface area contributed by atoms with E-state index in [-0.39, 0.29) is 29.4 Å². The number of methoxy groups -OCH3 is 1. The Kier molecular flexibility index (Phi) is 8.12. The van der Waals surface area contributed by atoms with Crippen LogP contribution in [0.3, 0.4) is 0 Å². The predicted octanol–water partition coefficient (Wildman–Crippen LogP) is 4.61. The number of nitrogens with zero attached hydrogens (tertiary/aromatic N) is 1. The largest absolute Gasteiger partial charge is 0.497 e. The number of anilines is 1. The average molecular weight is 435 g/mol. The molecule has 3 aromatic rings. The summed E-state index contributed by atoms with van der Waals surface area (Å²) in [7, 11) is 3.24. The molecule has 3 rings (SSSR count). The van der Waals surface area contributed by atoms with E-state index in [1.807, 2.05) is 36.4 Å². The topological polar surface area (TPSA) is 58.6 Å². The summed E-state index contributed by atoms with van der Waals surface area (Å²) >= 11 is 1.56. The average Bonchev–Trinajstić information content (AvgIpc) is 2.81. The second kappa shape index (κ2) is 11.2. The molecule has 31 heavy (non-hydrogen) atoms. The minimum absolute atomic E-state index is 0.00718. The van der Waals surface area contributed by atoms with Crippen molar-refractivity contribution in [2.75, 3.05) is 31.8 Å². The van der Waals surface area contributed by atoms with E-state index in [2.05, 4.69) is 29.6 Å². The zero-order valence-corrected chi connectivity index (χ0v) is 18.5. The van der Waals surface area contributed by atoms with E-state index < -0.39 is 0 Å². The lowest BCUT2D eigenvalue weighted by molar-refractivity contribution is -0.131. The molecule has 0 fully saturated rings. The van der Waals surface area contributed by atoms with Gasteiger partial charge in [0.15, 0.2) is 0 Å². The van der Waals surface area contributed by atoms with Gasteiger partial charge in [-0.2, -0.15) is 0 Å². The van der Waals surface area contributed by atoms with E-state index in [1.54, 1.807) is 50.2 Å². The summed E-state index contributed by atoms with van der Waals surface area (Å²) in [4.78, 5) is 26.5. The maximum atomic E-state index is 12.7. The van der Waals surface area contributed by atoms with Gasteiger partial charge in [0.25, 0.3) is 0 Å². The first kappa shape index (κ1) is 22.4. The van der Waals surface area contributed by atoms with Crippen molar-refractivity contribution in [3.8, 4) is 5.75 Å². The molecule has 6 heteroatoms. The lowest BCUT2D eigenvalue weighted by Gasteiger charge is -2.20. The van der Waals surface area contributed by atoms with Crippen LogP contribution in [0.5, 0.6) is 5.75 Å². The van der Waals surface area contributed by atoms with Crippen LogP contribution < -0.4 is 10.1 Å². The van der Waals surface area contributed by atoms with Crippen LogP contribution in [-0.4, -0.2) is 43.2 Å². The third-order valence-electron chi connectivity index (χ3n) is 4.76. The first-order valence-corrected chi connectivity index (χ1v) is 11.0. The first-order valence-electron chi connectivity index (χ1n) is 9.96.